The minimum atomic E-state index is -0.462. The summed E-state index contributed by atoms with van der Waals surface area (Å²) in [5, 5.41) is 8.37. The van der Waals surface area contributed by atoms with E-state index in [2.05, 4.69) is 30.3 Å². The first-order valence-electron chi connectivity index (χ1n) is 10.9. The van der Waals surface area contributed by atoms with Crippen molar-refractivity contribution >= 4 is 23.4 Å². The standard InChI is InChI=1S/C22H25ClFN7O/c1-3-31-22(32-18-8-16(23)7-17(24)9-18)28-21(29-31)27-20-14-4-5-15(20)11-30(10-14)19-6-13(2)25-12-26-19/h6-9,12,14-15,20H,3-5,10-11H2,1-2H3,(H,27,29). The number of benzene rings is 1. The number of nitrogens with zero attached hydrogens (tertiary/aromatic N) is 6. The third kappa shape index (κ3) is 4.21. The van der Waals surface area contributed by atoms with Crippen molar-refractivity contribution in [1.82, 2.24) is 24.7 Å². The van der Waals surface area contributed by atoms with Gasteiger partial charge in [0.05, 0.1) is 0 Å². The third-order valence-corrected chi connectivity index (χ3v) is 6.44. The lowest BCUT2D eigenvalue weighted by Crippen LogP contribution is -2.48. The molecule has 1 saturated carbocycles. The number of halogens is 2. The van der Waals surface area contributed by atoms with Crippen LogP contribution < -0.4 is 15.0 Å². The molecule has 2 aliphatic rings. The summed E-state index contributed by atoms with van der Waals surface area (Å²) in [5.41, 5.74) is 0.976. The Balaban J connectivity index is 1.30. The second kappa shape index (κ2) is 8.54. The predicted molar refractivity (Wildman–Crippen MR) is 120 cm³/mol. The lowest BCUT2D eigenvalue weighted by atomic mass is 9.92. The van der Waals surface area contributed by atoms with Gasteiger partial charge in [0.15, 0.2) is 0 Å². The molecule has 1 aliphatic heterocycles. The molecule has 5 rings (SSSR count). The molecule has 1 N–H and O–H groups in total. The maximum absolute atomic E-state index is 13.7. The molecule has 2 fully saturated rings. The molecule has 3 aromatic rings. The van der Waals surface area contributed by atoms with Crippen LogP contribution in [-0.2, 0) is 6.54 Å². The summed E-state index contributed by atoms with van der Waals surface area (Å²) < 4.78 is 21.1. The number of nitrogens with one attached hydrogen (secondary N) is 1. The smallest absolute Gasteiger partial charge is 0.322 e. The second-order valence-electron chi connectivity index (χ2n) is 8.43. The number of aryl methyl sites for hydroxylation is 2. The number of aromatic nitrogens is 5. The van der Waals surface area contributed by atoms with Crippen LogP contribution in [0.25, 0.3) is 0 Å². The molecule has 0 amide bonds. The van der Waals surface area contributed by atoms with E-state index >= 15 is 0 Å². The first kappa shape index (κ1) is 20.9. The Kier molecular flexibility index (Phi) is 5.58. The van der Waals surface area contributed by atoms with Gasteiger partial charge in [0.25, 0.3) is 0 Å². The summed E-state index contributed by atoms with van der Waals surface area (Å²) >= 11 is 5.94. The molecular weight excluding hydrogens is 433 g/mol. The monoisotopic (exact) mass is 457 g/mol. The molecule has 2 atom stereocenters. The molecule has 8 nitrogen and oxygen atoms in total. The highest BCUT2D eigenvalue weighted by molar-refractivity contribution is 6.30. The van der Waals surface area contributed by atoms with Crippen LogP contribution in [0.1, 0.15) is 25.5 Å². The second-order valence-corrected chi connectivity index (χ2v) is 8.87. The molecule has 168 valence electrons. The summed E-state index contributed by atoms with van der Waals surface area (Å²) in [7, 11) is 0. The molecule has 2 unspecified atom stereocenters. The van der Waals surface area contributed by atoms with Crippen molar-refractivity contribution in [2.24, 2.45) is 11.8 Å². The SMILES string of the molecule is CCn1nc(NC2C3CCC2CN(c2cc(C)ncn2)C3)nc1Oc1cc(F)cc(Cl)c1. The molecule has 0 radical (unpaired) electrons. The Bertz CT molecular complexity index is 1090. The topological polar surface area (TPSA) is 81.0 Å². The fourth-order valence-corrected chi connectivity index (χ4v) is 4.98. The fourth-order valence-electron chi connectivity index (χ4n) is 4.77. The van der Waals surface area contributed by atoms with E-state index in [1.165, 1.54) is 12.1 Å². The summed E-state index contributed by atoms with van der Waals surface area (Å²) in [4.78, 5) is 15.6. The van der Waals surface area contributed by atoms with Gasteiger partial charge < -0.3 is 15.0 Å². The van der Waals surface area contributed by atoms with E-state index < -0.39 is 5.82 Å². The highest BCUT2D eigenvalue weighted by Gasteiger charge is 2.43. The Morgan fingerprint density at radius 1 is 1.16 bits per heavy atom. The maximum Gasteiger partial charge on any atom is 0.322 e. The highest BCUT2D eigenvalue weighted by atomic mass is 35.5. The van der Waals surface area contributed by atoms with Crippen molar-refractivity contribution in [3.63, 3.8) is 0 Å². The van der Waals surface area contributed by atoms with Gasteiger partial charge in [0, 0.05) is 48.5 Å². The highest BCUT2D eigenvalue weighted by Crippen LogP contribution is 2.39. The van der Waals surface area contributed by atoms with E-state index in [-0.39, 0.29) is 10.8 Å². The Morgan fingerprint density at radius 3 is 2.62 bits per heavy atom. The number of anilines is 2. The number of rotatable bonds is 6. The maximum atomic E-state index is 13.7. The largest absolute Gasteiger partial charge is 0.424 e. The van der Waals surface area contributed by atoms with Crippen molar-refractivity contribution < 1.29 is 9.13 Å². The average molecular weight is 458 g/mol. The van der Waals surface area contributed by atoms with E-state index in [4.69, 9.17) is 16.3 Å². The average Bonchev–Trinajstić information content (AvgIpc) is 3.22. The number of hydrogen-bond donors (Lipinski definition) is 1. The molecule has 32 heavy (non-hydrogen) atoms. The summed E-state index contributed by atoms with van der Waals surface area (Å²) in [5.74, 6) is 2.30. The van der Waals surface area contributed by atoms with Crippen molar-refractivity contribution in [3.05, 3.63) is 47.1 Å². The van der Waals surface area contributed by atoms with Crippen molar-refractivity contribution in [2.45, 2.75) is 39.3 Å². The lowest BCUT2D eigenvalue weighted by Gasteiger charge is -2.38. The minimum Gasteiger partial charge on any atom is -0.424 e. The van der Waals surface area contributed by atoms with Gasteiger partial charge >= 0.3 is 6.01 Å². The van der Waals surface area contributed by atoms with E-state index in [0.29, 0.717) is 36.4 Å². The Hall–Kier alpha value is -2.94. The van der Waals surface area contributed by atoms with Crippen LogP contribution in [-0.4, -0.2) is 43.9 Å². The van der Waals surface area contributed by atoms with Gasteiger partial charge in [0.2, 0.25) is 5.95 Å². The first-order chi connectivity index (χ1) is 15.5. The van der Waals surface area contributed by atoms with Gasteiger partial charge in [-0.1, -0.05) is 11.6 Å². The van der Waals surface area contributed by atoms with Gasteiger partial charge in [0.1, 0.15) is 23.7 Å². The number of hydrogen-bond acceptors (Lipinski definition) is 7. The molecule has 2 aromatic heterocycles. The number of piperidine rings is 1. The van der Waals surface area contributed by atoms with Crippen LogP contribution >= 0.6 is 11.6 Å². The zero-order valence-corrected chi connectivity index (χ0v) is 18.8. The third-order valence-electron chi connectivity index (χ3n) is 6.23. The van der Waals surface area contributed by atoms with Crippen LogP contribution in [0.5, 0.6) is 11.8 Å². The Morgan fingerprint density at radius 2 is 1.94 bits per heavy atom. The summed E-state index contributed by atoms with van der Waals surface area (Å²) in [6, 6.07) is 6.70. The van der Waals surface area contributed by atoms with Crippen LogP contribution in [0.4, 0.5) is 16.2 Å². The van der Waals surface area contributed by atoms with E-state index in [9.17, 15) is 4.39 Å². The van der Waals surface area contributed by atoms with E-state index in [1.54, 1.807) is 17.1 Å². The van der Waals surface area contributed by atoms with Crippen molar-refractivity contribution in [2.75, 3.05) is 23.3 Å². The fraction of sp³-hybridized carbons (Fsp3) is 0.455. The molecule has 2 bridgehead atoms. The van der Waals surface area contributed by atoms with Gasteiger partial charge in [-0.2, -0.15) is 4.98 Å². The molecule has 1 aliphatic carbocycles. The van der Waals surface area contributed by atoms with Gasteiger partial charge in [-0.3, -0.25) is 0 Å². The minimum absolute atomic E-state index is 0.267. The molecule has 3 heterocycles. The first-order valence-corrected chi connectivity index (χ1v) is 11.2. The van der Waals surface area contributed by atoms with Crippen molar-refractivity contribution in [3.8, 4) is 11.8 Å². The zero-order chi connectivity index (χ0) is 22.2. The van der Waals surface area contributed by atoms with Crippen LogP contribution in [0.2, 0.25) is 5.02 Å². The molecule has 10 heteroatoms. The molecule has 1 saturated heterocycles. The van der Waals surface area contributed by atoms with Gasteiger partial charge in [-0.25, -0.2) is 19.0 Å². The molecule has 1 aromatic carbocycles. The number of ether oxygens (including phenoxy) is 1. The van der Waals surface area contributed by atoms with Crippen molar-refractivity contribution in [1.29, 1.82) is 0 Å². The van der Waals surface area contributed by atoms with Crippen LogP contribution in [0.3, 0.4) is 0 Å². The van der Waals surface area contributed by atoms with Gasteiger partial charge in [-0.15, -0.1) is 5.10 Å². The summed E-state index contributed by atoms with van der Waals surface area (Å²) in [6.07, 6.45) is 3.94. The van der Waals surface area contributed by atoms with Crippen LogP contribution in [0.15, 0.2) is 30.6 Å². The van der Waals surface area contributed by atoms with Gasteiger partial charge in [-0.05, 0) is 50.7 Å². The lowest BCUT2D eigenvalue weighted by molar-refractivity contribution is 0.374. The Labute approximate surface area is 190 Å². The predicted octanol–water partition coefficient (Wildman–Crippen LogP) is 4.31. The molecular formula is C22H25ClFN7O. The summed E-state index contributed by atoms with van der Waals surface area (Å²) in [6.45, 7) is 6.39. The van der Waals surface area contributed by atoms with Crippen LogP contribution in [0, 0.1) is 24.6 Å². The number of fused-ring (bicyclic) bond motifs is 2. The van der Waals surface area contributed by atoms with E-state index in [1.807, 2.05) is 19.9 Å². The molecule has 0 spiro atoms. The zero-order valence-electron chi connectivity index (χ0n) is 18.0. The van der Waals surface area contributed by atoms with E-state index in [0.717, 1.165) is 37.4 Å². The quantitative estimate of drug-likeness (QED) is 0.590. The normalized spacial score (nSPS) is 22.2.